The molecule has 6 aromatic carbocycles. The molecule has 0 N–H and O–H groups in total. The fourth-order valence-electron chi connectivity index (χ4n) is 7.35. The third-order valence-electron chi connectivity index (χ3n) is 9.51. The second-order valence-corrected chi connectivity index (χ2v) is 13.6. The van der Waals surface area contributed by atoms with Crippen LogP contribution < -0.4 is 5.30 Å². The van der Waals surface area contributed by atoms with Gasteiger partial charge in [-0.2, -0.15) is 0 Å². The van der Waals surface area contributed by atoms with Crippen molar-refractivity contribution in [1.29, 1.82) is 0 Å². The van der Waals surface area contributed by atoms with Crippen LogP contribution in [0.3, 0.4) is 0 Å². The third kappa shape index (κ3) is 4.37. The van der Waals surface area contributed by atoms with Gasteiger partial charge in [-0.1, -0.05) is 125 Å². The molecule has 3 heterocycles. The Morgan fingerprint density at radius 1 is 0.522 bits per heavy atom. The summed E-state index contributed by atoms with van der Waals surface area (Å²) in [6, 6.07) is 49.5. The van der Waals surface area contributed by atoms with Crippen molar-refractivity contribution in [2.24, 2.45) is 0 Å². The van der Waals surface area contributed by atoms with Crippen LogP contribution in [-0.4, -0.2) is 15.3 Å². The van der Waals surface area contributed by atoms with E-state index in [9.17, 15) is 0 Å². The van der Waals surface area contributed by atoms with Crippen LogP contribution in [0.25, 0.3) is 66.1 Å². The molecule has 1 aliphatic rings. The molecule has 220 valence electrons. The molecule has 8 aromatic rings. The highest BCUT2D eigenvalue weighted by Crippen LogP contribution is 2.38. The van der Waals surface area contributed by atoms with Crippen molar-refractivity contribution in [3.05, 3.63) is 163 Å². The Morgan fingerprint density at radius 2 is 1.02 bits per heavy atom. The van der Waals surface area contributed by atoms with Crippen LogP contribution in [0.2, 0.25) is 0 Å². The quantitative estimate of drug-likeness (QED) is 0.177. The summed E-state index contributed by atoms with van der Waals surface area (Å²) >= 11 is 0. The largest absolute Gasteiger partial charge is 0.309 e. The van der Waals surface area contributed by atoms with Crippen molar-refractivity contribution < 1.29 is 0 Å². The van der Waals surface area contributed by atoms with Gasteiger partial charge in [0.05, 0.1) is 22.1 Å². The third-order valence-corrected chi connectivity index (χ3v) is 10.8. The lowest BCUT2D eigenvalue weighted by Gasteiger charge is -2.18. The van der Waals surface area contributed by atoms with Crippen molar-refractivity contribution in [2.45, 2.75) is 12.8 Å². The van der Waals surface area contributed by atoms with Gasteiger partial charge in [-0.05, 0) is 82.6 Å². The Morgan fingerprint density at radius 3 is 1.54 bits per heavy atom. The van der Waals surface area contributed by atoms with E-state index in [1.54, 1.807) is 0 Å². The van der Waals surface area contributed by atoms with Crippen molar-refractivity contribution >= 4 is 57.5 Å². The Labute approximate surface area is 270 Å². The maximum absolute atomic E-state index is 2.45. The lowest BCUT2D eigenvalue weighted by atomic mass is 9.95. The zero-order valence-corrected chi connectivity index (χ0v) is 26.7. The van der Waals surface area contributed by atoms with Crippen LogP contribution in [0.5, 0.6) is 0 Å². The number of hydrogen-bond donors (Lipinski definition) is 0. The SMILES string of the molecule is CC1/C=C\C=C/CPc2ccc(-c3cc(-n4c5ccccc5c5ccccc54)cc(-n4c5ccccc5c5ccccc54)c3)cc21. The summed E-state index contributed by atoms with van der Waals surface area (Å²) in [5.74, 6) is 0.350. The van der Waals surface area contributed by atoms with Gasteiger partial charge in [-0.25, -0.2) is 0 Å². The Kier molecular flexibility index (Phi) is 6.51. The molecule has 2 unspecified atom stereocenters. The van der Waals surface area contributed by atoms with Crippen LogP contribution in [0.15, 0.2) is 158 Å². The van der Waals surface area contributed by atoms with Crippen LogP contribution in [0.4, 0.5) is 0 Å². The van der Waals surface area contributed by atoms with Gasteiger partial charge < -0.3 is 9.13 Å². The topological polar surface area (TPSA) is 9.86 Å². The molecule has 2 nitrogen and oxygen atoms in total. The van der Waals surface area contributed by atoms with E-state index >= 15 is 0 Å². The minimum absolute atomic E-state index is 0.350. The van der Waals surface area contributed by atoms with E-state index < -0.39 is 0 Å². The molecule has 0 aliphatic carbocycles. The summed E-state index contributed by atoms with van der Waals surface area (Å²) in [4.78, 5) is 0. The van der Waals surface area contributed by atoms with Gasteiger partial charge in [0, 0.05) is 32.9 Å². The van der Waals surface area contributed by atoms with E-state index in [0.29, 0.717) is 5.92 Å². The zero-order valence-electron chi connectivity index (χ0n) is 25.7. The number of para-hydroxylation sites is 4. The van der Waals surface area contributed by atoms with Crippen molar-refractivity contribution in [3.8, 4) is 22.5 Å². The summed E-state index contributed by atoms with van der Waals surface area (Å²) in [5, 5.41) is 6.56. The molecule has 3 heteroatoms. The molecule has 1 aliphatic heterocycles. The molecule has 0 saturated heterocycles. The second kappa shape index (κ2) is 11.0. The van der Waals surface area contributed by atoms with Gasteiger partial charge in [0.15, 0.2) is 0 Å². The number of nitrogens with zero attached hydrogens (tertiary/aromatic N) is 2. The Balaban J connectivity index is 1.36. The highest BCUT2D eigenvalue weighted by Gasteiger charge is 2.18. The highest BCUT2D eigenvalue weighted by molar-refractivity contribution is 7.47. The van der Waals surface area contributed by atoms with E-state index in [0.717, 1.165) is 26.1 Å². The standard InChI is InChI=1S/C43H33N2P/c1-29-13-3-2-12-24-46-43-23-22-30(27-38(29)43)31-25-32(44-39-18-8-4-14-34(39)35-15-5-9-19-40(35)44)28-33(26-31)45-41-20-10-6-16-36(41)37-17-7-11-21-42(37)45/h2-23,25-29,46H,24H2,1H3/b12-2-,13-3-. The van der Waals surface area contributed by atoms with Crippen molar-refractivity contribution in [3.63, 3.8) is 0 Å². The molecule has 0 radical (unpaired) electrons. The first-order valence-electron chi connectivity index (χ1n) is 16.1. The van der Waals surface area contributed by atoms with Gasteiger partial charge in [-0.15, -0.1) is 0 Å². The van der Waals surface area contributed by atoms with E-state index in [4.69, 9.17) is 0 Å². The summed E-state index contributed by atoms with van der Waals surface area (Å²) in [6.07, 6.45) is 10.1. The predicted octanol–water partition coefficient (Wildman–Crippen LogP) is 11.1. The molecule has 2 aromatic heterocycles. The molecule has 9 rings (SSSR count). The molecule has 0 bridgehead atoms. The average molecular weight is 609 g/mol. The molecular weight excluding hydrogens is 575 g/mol. The predicted molar refractivity (Wildman–Crippen MR) is 200 cm³/mol. The smallest absolute Gasteiger partial charge is 0.0541 e. The van der Waals surface area contributed by atoms with Gasteiger partial charge in [0.1, 0.15) is 0 Å². The average Bonchev–Trinajstić information content (AvgIpc) is 3.65. The number of fused-ring (bicyclic) bond motifs is 7. The molecular formula is C43H33N2P. The minimum Gasteiger partial charge on any atom is -0.309 e. The lowest BCUT2D eigenvalue weighted by molar-refractivity contribution is 0.977. The van der Waals surface area contributed by atoms with Gasteiger partial charge in [0.2, 0.25) is 0 Å². The van der Waals surface area contributed by atoms with Crippen molar-refractivity contribution in [2.75, 3.05) is 6.16 Å². The summed E-state index contributed by atoms with van der Waals surface area (Å²) in [5.41, 5.74) is 11.1. The fraction of sp³-hybridized carbons (Fsp3) is 0.0698. The molecule has 46 heavy (non-hydrogen) atoms. The molecule has 0 saturated carbocycles. The van der Waals surface area contributed by atoms with E-state index in [-0.39, 0.29) is 0 Å². The summed E-state index contributed by atoms with van der Waals surface area (Å²) < 4.78 is 4.89. The van der Waals surface area contributed by atoms with Crippen molar-refractivity contribution in [1.82, 2.24) is 9.13 Å². The Hall–Kier alpha value is -5.17. The van der Waals surface area contributed by atoms with Gasteiger partial charge >= 0.3 is 0 Å². The zero-order chi connectivity index (χ0) is 30.6. The number of benzene rings is 6. The summed E-state index contributed by atoms with van der Waals surface area (Å²) in [7, 11) is 0.777. The number of hydrogen-bond acceptors (Lipinski definition) is 0. The number of aromatic nitrogens is 2. The van der Waals surface area contributed by atoms with E-state index in [1.807, 2.05) is 0 Å². The molecule has 0 fully saturated rings. The fourth-order valence-corrected chi connectivity index (χ4v) is 8.53. The van der Waals surface area contributed by atoms with Gasteiger partial charge in [0.25, 0.3) is 0 Å². The van der Waals surface area contributed by atoms with E-state index in [2.05, 4.69) is 174 Å². The van der Waals surface area contributed by atoms with Crippen LogP contribution in [-0.2, 0) is 0 Å². The normalized spacial score (nSPS) is 16.8. The second-order valence-electron chi connectivity index (χ2n) is 12.3. The van der Waals surface area contributed by atoms with Crippen LogP contribution in [0.1, 0.15) is 18.4 Å². The lowest BCUT2D eigenvalue weighted by Crippen LogP contribution is -2.07. The number of rotatable bonds is 3. The maximum Gasteiger partial charge on any atom is 0.0541 e. The monoisotopic (exact) mass is 608 g/mol. The van der Waals surface area contributed by atoms with E-state index in [1.165, 1.54) is 65.6 Å². The molecule has 2 atom stereocenters. The molecule has 0 spiro atoms. The first-order valence-corrected chi connectivity index (χ1v) is 17.3. The number of allylic oxidation sites excluding steroid dienone is 4. The molecule has 0 amide bonds. The highest BCUT2D eigenvalue weighted by atomic mass is 31.1. The van der Waals surface area contributed by atoms with Crippen LogP contribution >= 0.6 is 8.58 Å². The Bertz CT molecular complexity index is 2270. The maximum atomic E-state index is 2.45. The summed E-state index contributed by atoms with van der Waals surface area (Å²) in [6.45, 7) is 2.32. The first kappa shape index (κ1) is 27.2. The van der Waals surface area contributed by atoms with Crippen LogP contribution in [0, 0.1) is 0 Å². The van der Waals surface area contributed by atoms with Gasteiger partial charge in [-0.3, -0.25) is 0 Å². The minimum atomic E-state index is 0.350. The first-order chi connectivity index (χ1) is 22.7.